The molecule has 0 saturated heterocycles. The predicted molar refractivity (Wildman–Crippen MR) is 118 cm³/mol. The monoisotopic (exact) mass is 447 g/mol. The summed E-state index contributed by atoms with van der Waals surface area (Å²) in [7, 11) is -2.31. The lowest BCUT2D eigenvalue weighted by molar-refractivity contribution is -0.142. The number of hydrogen-bond donors (Lipinski definition) is 1. The van der Waals surface area contributed by atoms with Gasteiger partial charge in [-0.25, -0.2) is 13.1 Å². The zero-order valence-corrected chi connectivity index (χ0v) is 19.6. The predicted octanol–water partition coefficient (Wildman–Crippen LogP) is 3.33. The maximum Gasteiger partial charge on any atom is 0.307 e. The number of benzene rings is 2. The van der Waals surface area contributed by atoms with Gasteiger partial charge in [-0.3, -0.25) is 9.59 Å². The van der Waals surface area contributed by atoms with Gasteiger partial charge in [0.2, 0.25) is 10.0 Å². The standard InChI is InChI=1S/C23H29NO6S/c1-14-15(2)17(4)23(18(5)16(14)3)31(27,28)24-11-10-22(26)30-13-21(25)19-8-7-9-20(12-19)29-6/h7-9,12,24H,10-11,13H2,1-6H3. The van der Waals surface area contributed by atoms with Gasteiger partial charge in [0.1, 0.15) is 5.75 Å². The fraction of sp³-hybridized carbons (Fsp3) is 0.391. The summed E-state index contributed by atoms with van der Waals surface area (Å²) in [6.07, 6.45) is -0.188. The fourth-order valence-electron chi connectivity index (χ4n) is 3.33. The topological polar surface area (TPSA) is 98.8 Å². The van der Waals surface area contributed by atoms with E-state index < -0.39 is 22.6 Å². The van der Waals surface area contributed by atoms with Gasteiger partial charge in [0.25, 0.3) is 0 Å². The molecule has 0 unspecified atom stereocenters. The molecule has 1 N–H and O–H groups in total. The van der Waals surface area contributed by atoms with Crippen LogP contribution in [0.3, 0.4) is 0 Å². The Morgan fingerprint density at radius 3 is 2.10 bits per heavy atom. The number of methoxy groups -OCH3 is 1. The molecule has 0 aliphatic rings. The highest BCUT2D eigenvalue weighted by Gasteiger charge is 2.23. The largest absolute Gasteiger partial charge is 0.497 e. The van der Waals surface area contributed by atoms with Crippen LogP contribution in [-0.2, 0) is 19.6 Å². The molecule has 0 saturated carbocycles. The smallest absolute Gasteiger partial charge is 0.307 e. The SMILES string of the molecule is COc1cccc(C(=O)COC(=O)CCNS(=O)(=O)c2c(C)c(C)c(C)c(C)c2C)c1. The quantitative estimate of drug-likeness (QED) is 0.468. The van der Waals surface area contributed by atoms with E-state index >= 15 is 0 Å². The summed E-state index contributed by atoms with van der Waals surface area (Å²) >= 11 is 0. The van der Waals surface area contributed by atoms with Crippen LogP contribution in [0.1, 0.15) is 44.6 Å². The first kappa shape index (κ1) is 24.6. The molecule has 0 amide bonds. The molecule has 0 radical (unpaired) electrons. The van der Waals surface area contributed by atoms with E-state index in [4.69, 9.17) is 9.47 Å². The first-order valence-electron chi connectivity index (χ1n) is 9.89. The average molecular weight is 448 g/mol. The molecule has 2 aromatic carbocycles. The van der Waals surface area contributed by atoms with Crippen molar-refractivity contribution in [3.63, 3.8) is 0 Å². The van der Waals surface area contributed by atoms with E-state index in [1.165, 1.54) is 7.11 Å². The van der Waals surface area contributed by atoms with Gasteiger partial charge in [-0.05, 0) is 74.6 Å². The Labute approximate surface area is 183 Å². The van der Waals surface area contributed by atoms with E-state index in [1.807, 2.05) is 20.8 Å². The van der Waals surface area contributed by atoms with Crippen LogP contribution in [0.25, 0.3) is 0 Å². The lowest BCUT2D eigenvalue weighted by Gasteiger charge is -2.19. The third-order valence-electron chi connectivity index (χ3n) is 5.58. The Morgan fingerprint density at radius 1 is 0.935 bits per heavy atom. The summed E-state index contributed by atoms with van der Waals surface area (Å²) < 4.78 is 38.2. The Bertz CT molecular complexity index is 1080. The number of nitrogens with one attached hydrogen (secondary N) is 1. The fourth-order valence-corrected chi connectivity index (χ4v) is 4.95. The minimum Gasteiger partial charge on any atom is -0.497 e. The molecule has 0 bridgehead atoms. The van der Waals surface area contributed by atoms with Gasteiger partial charge in [0.05, 0.1) is 18.4 Å². The van der Waals surface area contributed by atoms with Gasteiger partial charge >= 0.3 is 5.97 Å². The molecule has 7 nitrogen and oxygen atoms in total. The van der Waals surface area contributed by atoms with E-state index in [0.29, 0.717) is 22.4 Å². The summed E-state index contributed by atoms with van der Waals surface area (Å²) in [5.41, 5.74) is 4.68. The zero-order valence-electron chi connectivity index (χ0n) is 18.8. The molecule has 2 rings (SSSR count). The first-order chi connectivity index (χ1) is 14.5. The summed E-state index contributed by atoms with van der Waals surface area (Å²) in [5.74, 6) is -0.507. The molecule has 0 aliphatic carbocycles. The van der Waals surface area contributed by atoms with E-state index in [9.17, 15) is 18.0 Å². The number of Topliss-reactive ketones (excluding diaryl/α,β-unsaturated/α-hetero) is 1. The van der Waals surface area contributed by atoms with Crippen LogP contribution in [0.5, 0.6) is 5.75 Å². The maximum atomic E-state index is 12.9. The number of ketones is 1. The van der Waals surface area contributed by atoms with Gasteiger partial charge in [-0.15, -0.1) is 0 Å². The van der Waals surface area contributed by atoms with Gasteiger partial charge in [0.15, 0.2) is 12.4 Å². The van der Waals surface area contributed by atoms with Crippen molar-refractivity contribution in [3.05, 3.63) is 57.6 Å². The molecule has 0 fully saturated rings. The second-order valence-electron chi connectivity index (χ2n) is 7.42. The average Bonchev–Trinajstić information content (AvgIpc) is 2.74. The minimum atomic E-state index is -3.80. The number of hydrogen-bond acceptors (Lipinski definition) is 6. The number of ether oxygens (including phenoxy) is 2. The Morgan fingerprint density at radius 2 is 1.52 bits per heavy atom. The molecule has 0 spiro atoms. The van der Waals surface area contributed by atoms with Crippen LogP contribution in [0.15, 0.2) is 29.2 Å². The summed E-state index contributed by atoms with van der Waals surface area (Å²) in [5, 5.41) is 0. The van der Waals surface area contributed by atoms with E-state index in [0.717, 1.165) is 16.7 Å². The number of carbonyl (C=O) groups excluding carboxylic acids is 2. The Hall–Kier alpha value is -2.71. The van der Waals surface area contributed by atoms with Crippen LogP contribution in [0.2, 0.25) is 0 Å². The third-order valence-corrected chi connectivity index (χ3v) is 7.31. The summed E-state index contributed by atoms with van der Waals surface area (Å²) in [6, 6.07) is 6.53. The highest BCUT2D eigenvalue weighted by Crippen LogP contribution is 2.29. The molecule has 0 aromatic heterocycles. The van der Waals surface area contributed by atoms with E-state index in [1.54, 1.807) is 38.1 Å². The van der Waals surface area contributed by atoms with Gasteiger partial charge in [-0.1, -0.05) is 12.1 Å². The van der Waals surface area contributed by atoms with Crippen molar-refractivity contribution in [1.82, 2.24) is 4.72 Å². The molecule has 0 heterocycles. The summed E-state index contributed by atoms with van der Waals surface area (Å²) in [6.45, 7) is 8.77. The lowest BCUT2D eigenvalue weighted by atomic mass is 9.95. The van der Waals surface area contributed by atoms with Crippen molar-refractivity contribution in [2.24, 2.45) is 0 Å². The lowest BCUT2D eigenvalue weighted by Crippen LogP contribution is -2.29. The van der Waals surface area contributed by atoms with Gasteiger partial charge < -0.3 is 9.47 Å². The van der Waals surface area contributed by atoms with Crippen LogP contribution in [0.4, 0.5) is 0 Å². The third kappa shape index (κ3) is 5.71. The minimum absolute atomic E-state index is 0.126. The normalized spacial score (nSPS) is 11.3. The van der Waals surface area contributed by atoms with Gasteiger partial charge in [-0.2, -0.15) is 0 Å². The van der Waals surface area contributed by atoms with Crippen LogP contribution in [-0.4, -0.2) is 40.4 Å². The van der Waals surface area contributed by atoms with Crippen molar-refractivity contribution < 1.29 is 27.5 Å². The van der Waals surface area contributed by atoms with E-state index in [2.05, 4.69) is 4.72 Å². The van der Waals surface area contributed by atoms with Crippen molar-refractivity contribution in [2.45, 2.75) is 45.9 Å². The number of sulfonamides is 1. The van der Waals surface area contributed by atoms with E-state index in [-0.39, 0.29) is 23.6 Å². The molecule has 8 heteroatoms. The summed E-state index contributed by atoms with van der Waals surface area (Å²) in [4.78, 5) is 24.4. The molecular formula is C23H29NO6S. The van der Waals surface area contributed by atoms with Crippen molar-refractivity contribution >= 4 is 21.8 Å². The molecule has 2 aromatic rings. The number of rotatable bonds is 9. The second-order valence-corrected chi connectivity index (χ2v) is 9.12. The van der Waals surface area contributed by atoms with Crippen LogP contribution in [0, 0.1) is 34.6 Å². The highest BCUT2D eigenvalue weighted by molar-refractivity contribution is 7.89. The Balaban J connectivity index is 1.96. The molecular weight excluding hydrogens is 418 g/mol. The second kappa shape index (κ2) is 10.1. The first-order valence-corrected chi connectivity index (χ1v) is 11.4. The molecule has 31 heavy (non-hydrogen) atoms. The maximum absolute atomic E-state index is 12.9. The van der Waals surface area contributed by atoms with Crippen molar-refractivity contribution in [1.29, 1.82) is 0 Å². The number of carbonyl (C=O) groups is 2. The van der Waals surface area contributed by atoms with Gasteiger partial charge in [0, 0.05) is 12.1 Å². The molecule has 0 atom stereocenters. The van der Waals surface area contributed by atoms with Crippen LogP contribution < -0.4 is 9.46 Å². The van der Waals surface area contributed by atoms with Crippen molar-refractivity contribution in [3.8, 4) is 5.75 Å². The zero-order chi connectivity index (χ0) is 23.3. The highest BCUT2D eigenvalue weighted by atomic mass is 32.2. The molecule has 0 aliphatic heterocycles. The van der Waals surface area contributed by atoms with Crippen molar-refractivity contribution in [2.75, 3.05) is 20.3 Å². The molecule has 168 valence electrons. The number of esters is 1. The Kier molecular flexibility index (Phi) is 7.97. The van der Waals surface area contributed by atoms with Crippen LogP contribution >= 0.6 is 0 Å².